The third-order valence-electron chi connectivity index (χ3n) is 3.23. The average molecular weight is 405 g/mol. The first-order valence-corrected chi connectivity index (χ1v) is 8.34. The van der Waals surface area contributed by atoms with Gasteiger partial charge >= 0.3 is 5.97 Å². The number of aliphatic carboxylic acids is 1. The molecule has 0 aromatic rings. The molecule has 2 atom stereocenters. The van der Waals surface area contributed by atoms with E-state index in [1.54, 1.807) is 0 Å². The third kappa shape index (κ3) is 11.8. The summed E-state index contributed by atoms with van der Waals surface area (Å²) in [6, 6.07) is -2.75. The Labute approximate surface area is 161 Å². The number of methoxy groups -OCH3 is 1. The summed E-state index contributed by atoms with van der Waals surface area (Å²) in [5.74, 6) is 0.639. The van der Waals surface area contributed by atoms with Gasteiger partial charge in [-0.25, -0.2) is 5.84 Å². The largest absolute Gasteiger partial charge is 0.481 e. The standard InChI is InChI=1S/C15H27N5O8/c1-9(21)18-10(7-12(22)20-16)15(26)19-11(8-13(23)24)14(25)17-3-4-28-6-5-27-2/h10-11H,3-8,16H2,1-2H3,(H,17,25)(H,18,21)(H,19,26)(H,20,22)(H,23,24). The van der Waals surface area contributed by atoms with Crippen LogP contribution in [-0.4, -0.2) is 80.3 Å². The monoisotopic (exact) mass is 405 g/mol. The van der Waals surface area contributed by atoms with E-state index in [4.69, 9.17) is 20.4 Å². The highest BCUT2D eigenvalue weighted by molar-refractivity contribution is 5.95. The van der Waals surface area contributed by atoms with Crippen LogP contribution in [0.4, 0.5) is 0 Å². The molecule has 13 nitrogen and oxygen atoms in total. The molecule has 28 heavy (non-hydrogen) atoms. The molecule has 0 aliphatic rings. The van der Waals surface area contributed by atoms with Crippen molar-refractivity contribution in [1.82, 2.24) is 21.4 Å². The summed E-state index contributed by atoms with van der Waals surface area (Å²) in [6.07, 6.45) is -1.19. The number of carbonyl (C=O) groups excluding carboxylic acids is 4. The zero-order chi connectivity index (χ0) is 21.5. The summed E-state index contributed by atoms with van der Waals surface area (Å²) in [4.78, 5) is 58.1. The zero-order valence-electron chi connectivity index (χ0n) is 15.8. The molecule has 0 aromatic heterocycles. The Morgan fingerprint density at radius 2 is 1.61 bits per heavy atom. The van der Waals surface area contributed by atoms with Crippen molar-refractivity contribution in [2.45, 2.75) is 31.8 Å². The number of nitrogens with one attached hydrogen (secondary N) is 4. The molecule has 0 bridgehead atoms. The fraction of sp³-hybridized carbons (Fsp3) is 0.667. The average Bonchev–Trinajstić information content (AvgIpc) is 2.62. The highest BCUT2D eigenvalue weighted by atomic mass is 16.5. The molecule has 160 valence electrons. The van der Waals surface area contributed by atoms with Gasteiger partial charge in [-0.2, -0.15) is 0 Å². The molecule has 2 unspecified atom stereocenters. The van der Waals surface area contributed by atoms with E-state index in [1.165, 1.54) is 7.11 Å². The highest BCUT2D eigenvalue weighted by Crippen LogP contribution is 1.99. The number of amides is 4. The van der Waals surface area contributed by atoms with Gasteiger partial charge < -0.3 is 30.5 Å². The molecule has 0 spiro atoms. The predicted molar refractivity (Wildman–Crippen MR) is 94.4 cm³/mol. The molecule has 13 heteroatoms. The van der Waals surface area contributed by atoms with E-state index in [0.717, 1.165) is 6.92 Å². The minimum atomic E-state index is -1.42. The maximum Gasteiger partial charge on any atom is 0.305 e. The lowest BCUT2D eigenvalue weighted by atomic mass is 10.1. The number of hydrogen-bond donors (Lipinski definition) is 6. The van der Waals surface area contributed by atoms with E-state index in [-0.39, 0.29) is 13.2 Å². The number of rotatable bonds is 14. The normalized spacial score (nSPS) is 12.4. The van der Waals surface area contributed by atoms with Gasteiger partial charge in [-0.05, 0) is 0 Å². The SMILES string of the molecule is COCCOCCNC(=O)C(CC(=O)O)NC(=O)C(CC(=O)NN)NC(C)=O. The van der Waals surface area contributed by atoms with Crippen LogP contribution in [0.25, 0.3) is 0 Å². The smallest absolute Gasteiger partial charge is 0.305 e. The lowest BCUT2D eigenvalue weighted by Crippen LogP contribution is -2.55. The van der Waals surface area contributed by atoms with Gasteiger partial charge in [0.05, 0.1) is 32.7 Å². The molecular weight excluding hydrogens is 378 g/mol. The second kappa shape index (κ2) is 14.3. The number of hydrazine groups is 1. The van der Waals surface area contributed by atoms with Crippen molar-refractivity contribution in [3.05, 3.63) is 0 Å². The maximum absolute atomic E-state index is 12.3. The van der Waals surface area contributed by atoms with Crippen LogP contribution in [0.5, 0.6) is 0 Å². The number of carbonyl (C=O) groups is 5. The number of nitrogens with two attached hydrogens (primary N) is 1. The first-order valence-electron chi connectivity index (χ1n) is 8.34. The highest BCUT2D eigenvalue weighted by Gasteiger charge is 2.29. The first kappa shape index (κ1) is 25.2. The van der Waals surface area contributed by atoms with E-state index < -0.39 is 54.5 Å². The number of carboxylic acids is 1. The van der Waals surface area contributed by atoms with Gasteiger partial charge in [0.25, 0.3) is 0 Å². The van der Waals surface area contributed by atoms with Crippen LogP contribution in [0.1, 0.15) is 19.8 Å². The van der Waals surface area contributed by atoms with Crippen molar-refractivity contribution >= 4 is 29.6 Å². The molecule has 0 saturated heterocycles. The maximum atomic E-state index is 12.3. The van der Waals surface area contributed by atoms with Crippen molar-refractivity contribution in [1.29, 1.82) is 0 Å². The Hall–Kier alpha value is -2.77. The second-order valence-electron chi connectivity index (χ2n) is 5.58. The zero-order valence-corrected chi connectivity index (χ0v) is 15.8. The van der Waals surface area contributed by atoms with Crippen LogP contribution in [0.3, 0.4) is 0 Å². The van der Waals surface area contributed by atoms with Gasteiger partial charge in [-0.1, -0.05) is 0 Å². The van der Waals surface area contributed by atoms with Crippen molar-refractivity contribution in [2.24, 2.45) is 5.84 Å². The Morgan fingerprint density at radius 1 is 0.964 bits per heavy atom. The van der Waals surface area contributed by atoms with Crippen molar-refractivity contribution < 1.29 is 38.6 Å². The van der Waals surface area contributed by atoms with Gasteiger partial charge in [0.2, 0.25) is 23.6 Å². The fourth-order valence-electron chi connectivity index (χ4n) is 1.97. The lowest BCUT2D eigenvalue weighted by molar-refractivity contribution is -0.141. The minimum absolute atomic E-state index is 0.0826. The van der Waals surface area contributed by atoms with Crippen molar-refractivity contribution in [3.8, 4) is 0 Å². The third-order valence-corrected chi connectivity index (χ3v) is 3.23. The Balaban J connectivity index is 4.85. The summed E-state index contributed by atoms with van der Waals surface area (Å²) >= 11 is 0. The summed E-state index contributed by atoms with van der Waals surface area (Å²) in [5.41, 5.74) is 1.81. The second-order valence-corrected chi connectivity index (χ2v) is 5.58. The predicted octanol–water partition coefficient (Wildman–Crippen LogP) is -3.39. The molecule has 0 aliphatic heterocycles. The molecule has 0 aromatic carbocycles. The topological polar surface area (TPSA) is 198 Å². The van der Waals surface area contributed by atoms with E-state index in [2.05, 4.69) is 16.0 Å². The Morgan fingerprint density at radius 3 is 2.14 bits per heavy atom. The fourth-order valence-corrected chi connectivity index (χ4v) is 1.97. The van der Waals surface area contributed by atoms with Crippen LogP contribution in [0.15, 0.2) is 0 Å². The lowest BCUT2D eigenvalue weighted by Gasteiger charge is -2.21. The number of hydrogen-bond acceptors (Lipinski definition) is 8. The van der Waals surface area contributed by atoms with Crippen LogP contribution >= 0.6 is 0 Å². The molecule has 7 N–H and O–H groups in total. The van der Waals surface area contributed by atoms with Gasteiger partial charge in [-0.3, -0.25) is 29.4 Å². The molecule has 0 rings (SSSR count). The molecule has 0 heterocycles. The van der Waals surface area contributed by atoms with Crippen LogP contribution in [-0.2, 0) is 33.4 Å². The van der Waals surface area contributed by atoms with E-state index in [1.807, 2.05) is 5.43 Å². The number of carboxylic acid groups (broad SMARTS) is 1. The van der Waals surface area contributed by atoms with Crippen LogP contribution in [0.2, 0.25) is 0 Å². The van der Waals surface area contributed by atoms with E-state index in [9.17, 15) is 24.0 Å². The molecule has 4 amide bonds. The molecule has 0 radical (unpaired) electrons. The van der Waals surface area contributed by atoms with Gasteiger partial charge in [0.1, 0.15) is 12.1 Å². The molecular formula is C15H27N5O8. The van der Waals surface area contributed by atoms with Gasteiger partial charge in [0, 0.05) is 20.6 Å². The molecule has 0 saturated carbocycles. The summed E-state index contributed by atoms with van der Waals surface area (Å²) in [6.45, 7) is 2.08. The van der Waals surface area contributed by atoms with E-state index in [0.29, 0.717) is 13.2 Å². The van der Waals surface area contributed by atoms with Gasteiger partial charge in [-0.15, -0.1) is 0 Å². The Kier molecular flexibility index (Phi) is 12.9. The van der Waals surface area contributed by atoms with E-state index >= 15 is 0 Å². The Bertz CT molecular complexity index is 557. The van der Waals surface area contributed by atoms with Crippen molar-refractivity contribution in [3.63, 3.8) is 0 Å². The molecule has 0 aliphatic carbocycles. The minimum Gasteiger partial charge on any atom is -0.481 e. The van der Waals surface area contributed by atoms with Gasteiger partial charge in [0.15, 0.2) is 0 Å². The molecule has 0 fully saturated rings. The van der Waals surface area contributed by atoms with Crippen molar-refractivity contribution in [2.75, 3.05) is 33.5 Å². The van der Waals surface area contributed by atoms with Crippen LogP contribution < -0.4 is 27.2 Å². The summed E-state index contributed by atoms with van der Waals surface area (Å²) in [7, 11) is 1.51. The summed E-state index contributed by atoms with van der Waals surface area (Å²) < 4.78 is 9.95. The summed E-state index contributed by atoms with van der Waals surface area (Å²) in [5, 5.41) is 15.8. The first-order chi connectivity index (χ1) is 13.2. The van der Waals surface area contributed by atoms with Crippen LogP contribution in [0, 0.1) is 0 Å². The quantitative estimate of drug-likeness (QED) is 0.0738. The number of ether oxygens (including phenoxy) is 2.